The molecule has 0 bridgehead atoms. The van der Waals surface area contributed by atoms with Gasteiger partial charge in [0.05, 0.1) is 12.2 Å². The number of hydrogen-bond donors (Lipinski definition) is 1. The van der Waals surface area contributed by atoms with Gasteiger partial charge in [-0.15, -0.1) is 0 Å². The highest BCUT2D eigenvalue weighted by atomic mass is 16.5. The average molecular weight is 358 g/mol. The fourth-order valence-corrected chi connectivity index (χ4v) is 3.24. The Labute approximate surface area is 156 Å². The van der Waals surface area contributed by atoms with Gasteiger partial charge in [-0.25, -0.2) is 0 Å². The van der Waals surface area contributed by atoms with Crippen LogP contribution in [0.5, 0.6) is 5.75 Å². The van der Waals surface area contributed by atoms with Crippen molar-refractivity contribution in [1.29, 1.82) is 5.26 Å². The van der Waals surface area contributed by atoms with Gasteiger partial charge in [0.1, 0.15) is 17.4 Å². The lowest BCUT2D eigenvalue weighted by Gasteiger charge is -2.38. The number of ether oxygens (including phenoxy) is 2. The van der Waals surface area contributed by atoms with Gasteiger partial charge in [-0.1, -0.05) is 20.8 Å². The number of hydrogen-bond acceptors (Lipinski definition) is 4. The van der Waals surface area contributed by atoms with Crippen LogP contribution in [-0.2, 0) is 9.53 Å². The van der Waals surface area contributed by atoms with Gasteiger partial charge in [0.25, 0.3) is 5.91 Å². The van der Waals surface area contributed by atoms with E-state index >= 15 is 0 Å². The average Bonchev–Trinajstić information content (AvgIpc) is 2.66. The van der Waals surface area contributed by atoms with Crippen LogP contribution in [0.15, 0.2) is 18.2 Å². The second-order valence-electron chi connectivity index (χ2n) is 7.15. The van der Waals surface area contributed by atoms with Crippen molar-refractivity contribution < 1.29 is 14.3 Å². The summed E-state index contributed by atoms with van der Waals surface area (Å²) >= 11 is 0. The first kappa shape index (κ1) is 20.3. The molecular weight excluding hydrogens is 328 g/mol. The lowest BCUT2D eigenvalue weighted by Crippen LogP contribution is -2.48. The number of carbonyl (C=O) groups excluding carboxylic acids is 1. The normalized spacial score (nSPS) is 22.5. The van der Waals surface area contributed by atoms with Gasteiger partial charge in [0.2, 0.25) is 0 Å². The predicted molar refractivity (Wildman–Crippen MR) is 102 cm³/mol. The van der Waals surface area contributed by atoms with E-state index in [1.54, 1.807) is 18.2 Å². The zero-order chi connectivity index (χ0) is 19.0. The third-order valence-corrected chi connectivity index (χ3v) is 4.90. The Balaban J connectivity index is 2.14. The summed E-state index contributed by atoms with van der Waals surface area (Å²) in [6.07, 6.45) is 5.21. The summed E-state index contributed by atoms with van der Waals surface area (Å²) in [5.41, 5.74) is 0.276. The van der Waals surface area contributed by atoms with Gasteiger partial charge < -0.3 is 14.8 Å². The van der Waals surface area contributed by atoms with E-state index in [1.807, 2.05) is 13.8 Å². The highest BCUT2D eigenvalue weighted by Crippen LogP contribution is 2.36. The summed E-state index contributed by atoms with van der Waals surface area (Å²) < 4.78 is 11.6. The molecule has 1 saturated carbocycles. The first-order valence-corrected chi connectivity index (χ1v) is 9.67. The van der Waals surface area contributed by atoms with Crippen LogP contribution < -0.4 is 10.1 Å². The molecule has 0 spiro atoms. The lowest BCUT2D eigenvalue weighted by atomic mass is 9.78. The van der Waals surface area contributed by atoms with E-state index in [2.05, 4.69) is 18.3 Å². The van der Waals surface area contributed by atoms with Crippen LogP contribution in [0.2, 0.25) is 0 Å². The topological polar surface area (TPSA) is 71.3 Å². The smallest absolute Gasteiger partial charge is 0.256 e. The molecule has 1 aromatic carbocycles. The van der Waals surface area contributed by atoms with E-state index < -0.39 is 5.60 Å². The van der Waals surface area contributed by atoms with Crippen LogP contribution in [0.1, 0.15) is 64.9 Å². The van der Waals surface area contributed by atoms with Crippen molar-refractivity contribution in [1.82, 2.24) is 0 Å². The summed E-state index contributed by atoms with van der Waals surface area (Å²) in [7, 11) is 0. The molecule has 5 nitrogen and oxygen atoms in total. The van der Waals surface area contributed by atoms with Crippen molar-refractivity contribution in [2.24, 2.45) is 5.92 Å². The number of nitriles is 1. The summed E-state index contributed by atoms with van der Waals surface area (Å²) in [5, 5.41) is 12.3. The number of benzene rings is 1. The SMILES string of the molecule is CCCOc1ccc(NC(=O)C2(OCCC)CCC(C)CC2)cc1C#N. The molecule has 142 valence electrons. The van der Waals surface area contributed by atoms with Crippen molar-refractivity contribution in [2.75, 3.05) is 18.5 Å². The maximum absolute atomic E-state index is 13.0. The molecule has 0 heterocycles. The molecule has 1 amide bonds. The quantitative estimate of drug-likeness (QED) is 0.733. The molecule has 1 fully saturated rings. The monoisotopic (exact) mass is 358 g/mol. The lowest BCUT2D eigenvalue weighted by molar-refractivity contribution is -0.147. The zero-order valence-corrected chi connectivity index (χ0v) is 16.1. The third-order valence-electron chi connectivity index (χ3n) is 4.90. The van der Waals surface area contributed by atoms with E-state index in [0.717, 1.165) is 38.5 Å². The van der Waals surface area contributed by atoms with Crippen molar-refractivity contribution in [3.8, 4) is 11.8 Å². The highest BCUT2D eigenvalue weighted by molar-refractivity contribution is 5.97. The predicted octanol–water partition coefficient (Wildman–Crippen LogP) is 4.66. The van der Waals surface area contributed by atoms with Gasteiger partial charge in [0.15, 0.2) is 0 Å². The van der Waals surface area contributed by atoms with Crippen LogP contribution in [0.25, 0.3) is 0 Å². The summed E-state index contributed by atoms with van der Waals surface area (Å²) in [6.45, 7) is 7.42. The molecule has 0 saturated heterocycles. The minimum Gasteiger partial charge on any atom is -0.492 e. The molecule has 5 heteroatoms. The molecule has 0 atom stereocenters. The summed E-state index contributed by atoms with van der Waals surface area (Å²) in [6, 6.07) is 7.33. The number of nitrogens with zero attached hydrogens (tertiary/aromatic N) is 1. The molecule has 0 unspecified atom stereocenters. The van der Waals surface area contributed by atoms with Gasteiger partial charge in [0, 0.05) is 12.3 Å². The Hall–Kier alpha value is -2.06. The van der Waals surface area contributed by atoms with Crippen LogP contribution >= 0.6 is 0 Å². The van der Waals surface area contributed by atoms with E-state index in [9.17, 15) is 10.1 Å². The maximum Gasteiger partial charge on any atom is 0.256 e. The highest BCUT2D eigenvalue weighted by Gasteiger charge is 2.42. The first-order chi connectivity index (χ1) is 12.5. The molecule has 0 aromatic heterocycles. The van der Waals surface area contributed by atoms with E-state index in [4.69, 9.17) is 9.47 Å². The molecule has 1 aromatic rings. The van der Waals surface area contributed by atoms with Gasteiger partial charge in [-0.3, -0.25) is 4.79 Å². The molecule has 0 aliphatic heterocycles. The van der Waals surface area contributed by atoms with Gasteiger partial charge in [-0.05, 0) is 62.6 Å². The largest absolute Gasteiger partial charge is 0.492 e. The zero-order valence-electron chi connectivity index (χ0n) is 16.1. The number of rotatable bonds is 8. The van der Waals surface area contributed by atoms with Crippen molar-refractivity contribution in [2.45, 2.75) is 64.9 Å². The number of carbonyl (C=O) groups is 1. The maximum atomic E-state index is 13.0. The number of amides is 1. The van der Waals surface area contributed by atoms with Crippen molar-refractivity contribution in [3.63, 3.8) is 0 Å². The summed E-state index contributed by atoms with van der Waals surface area (Å²) in [5.74, 6) is 1.07. The molecule has 1 aliphatic carbocycles. The van der Waals surface area contributed by atoms with Crippen molar-refractivity contribution >= 4 is 11.6 Å². The number of anilines is 1. The minimum absolute atomic E-state index is 0.107. The molecule has 1 aliphatic rings. The Kier molecular flexibility index (Phi) is 7.47. The van der Waals surface area contributed by atoms with Gasteiger partial charge in [-0.2, -0.15) is 5.26 Å². The van der Waals surface area contributed by atoms with Crippen LogP contribution in [0, 0.1) is 17.2 Å². The number of nitrogens with one attached hydrogen (secondary N) is 1. The van der Waals surface area contributed by atoms with Crippen LogP contribution in [-0.4, -0.2) is 24.7 Å². The Morgan fingerprint density at radius 3 is 2.58 bits per heavy atom. The second-order valence-corrected chi connectivity index (χ2v) is 7.15. The second kappa shape index (κ2) is 9.59. The van der Waals surface area contributed by atoms with Gasteiger partial charge >= 0.3 is 0 Å². The Morgan fingerprint density at radius 1 is 1.27 bits per heavy atom. The third kappa shape index (κ3) is 4.98. The molecule has 26 heavy (non-hydrogen) atoms. The Bertz CT molecular complexity index is 638. The van der Waals surface area contributed by atoms with E-state index in [0.29, 0.717) is 36.1 Å². The minimum atomic E-state index is -0.757. The van der Waals surface area contributed by atoms with Crippen molar-refractivity contribution in [3.05, 3.63) is 23.8 Å². The molecule has 2 rings (SSSR count). The molecule has 0 radical (unpaired) electrons. The first-order valence-electron chi connectivity index (χ1n) is 9.67. The Morgan fingerprint density at radius 2 is 1.96 bits per heavy atom. The van der Waals surface area contributed by atoms with Crippen LogP contribution in [0.4, 0.5) is 5.69 Å². The van der Waals surface area contributed by atoms with E-state index in [1.165, 1.54) is 0 Å². The van der Waals surface area contributed by atoms with E-state index in [-0.39, 0.29) is 5.91 Å². The summed E-state index contributed by atoms with van der Waals surface area (Å²) in [4.78, 5) is 13.0. The fourth-order valence-electron chi connectivity index (χ4n) is 3.24. The van der Waals surface area contributed by atoms with Crippen LogP contribution in [0.3, 0.4) is 0 Å². The fraction of sp³-hybridized carbons (Fsp3) is 0.619. The molecule has 1 N–H and O–H groups in total. The molecular formula is C21H30N2O3. The standard InChI is InChI=1S/C21H30N2O3/c1-4-12-25-19-7-6-18(14-17(19)15-22)23-20(24)21(26-13-5-2)10-8-16(3)9-11-21/h6-7,14,16H,4-5,8-13H2,1-3H3,(H,23,24).